The molecule has 2 aromatic rings. The first kappa shape index (κ1) is 11.9. The SMILES string of the molecule is CC(C=O)c1ccc2c(c1)C=Cc1ccccc1C2. The van der Waals surface area contributed by atoms with Gasteiger partial charge in [0.1, 0.15) is 6.29 Å². The van der Waals surface area contributed by atoms with E-state index in [1.807, 2.05) is 6.92 Å². The average Bonchev–Trinajstić information content (AvgIpc) is 2.64. The first-order chi connectivity index (χ1) is 9.28. The Balaban J connectivity index is 2.06. The summed E-state index contributed by atoms with van der Waals surface area (Å²) in [5.74, 6) is -0.0377. The highest BCUT2D eigenvalue weighted by molar-refractivity contribution is 5.76. The van der Waals surface area contributed by atoms with E-state index in [9.17, 15) is 4.79 Å². The maximum atomic E-state index is 10.9. The fourth-order valence-corrected chi connectivity index (χ4v) is 2.53. The zero-order chi connectivity index (χ0) is 13.2. The Hall–Kier alpha value is -2.15. The molecule has 0 aromatic heterocycles. The molecule has 1 unspecified atom stereocenters. The molecule has 1 aliphatic carbocycles. The topological polar surface area (TPSA) is 17.1 Å². The molecule has 94 valence electrons. The number of hydrogen-bond acceptors (Lipinski definition) is 1. The number of benzene rings is 2. The molecule has 0 radical (unpaired) electrons. The minimum absolute atomic E-state index is 0.0377. The minimum atomic E-state index is -0.0377. The third kappa shape index (κ3) is 2.24. The van der Waals surface area contributed by atoms with Gasteiger partial charge in [0, 0.05) is 5.92 Å². The molecule has 19 heavy (non-hydrogen) atoms. The quantitative estimate of drug-likeness (QED) is 0.625. The van der Waals surface area contributed by atoms with Crippen LogP contribution in [0, 0.1) is 0 Å². The zero-order valence-corrected chi connectivity index (χ0v) is 11.0. The van der Waals surface area contributed by atoms with Crippen LogP contribution < -0.4 is 0 Å². The van der Waals surface area contributed by atoms with Gasteiger partial charge in [0.15, 0.2) is 0 Å². The standard InChI is InChI=1S/C18H16O/c1-13(12-19)15-7-9-18-11-16-5-3-2-4-14(16)6-8-17(18)10-15/h2-10,12-13H,11H2,1H3. The van der Waals surface area contributed by atoms with Crippen LogP contribution in [0.5, 0.6) is 0 Å². The minimum Gasteiger partial charge on any atom is -0.303 e. The molecule has 0 bridgehead atoms. The molecule has 0 heterocycles. The van der Waals surface area contributed by atoms with Crippen LogP contribution in [0.1, 0.15) is 40.7 Å². The highest BCUT2D eigenvalue weighted by atomic mass is 16.1. The monoisotopic (exact) mass is 248 g/mol. The predicted molar refractivity (Wildman–Crippen MR) is 79.1 cm³/mol. The van der Waals surface area contributed by atoms with Gasteiger partial charge in [-0.05, 0) is 34.2 Å². The van der Waals surface area contributed by atoms with Crippen LogP contribution in [0.4, 0.5) is 0 Å². The van der Waals surface area contributed by atoms with E-state index in [2.05, 4.69) is 54.6 Å². The average molecular weight is 248 g/mol. The van der Waals surface area contributed by atoms with E-state index in [1.54, 1.807) is 0 Å². The van der Waals surface area contributed by atoms with Crippen LogP contribution in [0.15, 0.2) is 42.5 Å². The van der Waals surface area contributed by atoms with Crippen molar-refractivity contribution < 1.29 is 4.79 Å². The summed E-state index contributed by atoms with van der Waals surface area (Å²) in [7, 11) is 0. The lowest BCUT2D eigenvalue weighted by atomic mass is 9.94. The van der Waals surface area contributed by atoms with Crippen molar-refractivity contribution in [2.75, 3.05) is 0 Å². The summed E-state index contributed by atoms with van der Waals surface area (Å²) >= 11 is 0. The second-order valence-corrected chi connectivity index (χ2v) is 5.09. The van der Waals surface area contributed by atoms with E-state index in [4.69, 9.17) is 0 Å². The van der Waals surface area contributed by atoms with Gasteiger partial charge in [0.25, 0.3) is 0 Å². The summed E-state index contributed by atoms with van der Waals surface area (Å²) in [6, 6.07) is 14.8. The van der Waals surface area contributed by atoms with Gasteiger partial charge in [0.2, 0.25) is 0 Å². The van der Waals surface area contributed by atoms with Crippen LogP contribution in [0.25, 0.3) is 12.2 Å². The molecule has 2 aromatic carbocycles. The molecular weight excluding hydrogens is 232 g/mol. The third-order valence-electron chi connectivity index (χ3n) is 3.78. The Morgan fingerprint density at radius 2 is 1.74 bits per heavy atom. The van der Waals surface area contributed by atoms with Gasteiger partial charge < -0.3 is 4.79 Å². The number of carbonyl (C=O) groups is 1. The maximum absolute atomic E-state index is 10.9. The molecule has 3 rings (SSSR count). The van der Waals surface area contributed by atoms with Crippen molar-refractivity contribution in [2.45, 2.75) is 19.3 Å². The lowest BCUT2D eigenvalue weighted by molar-refractivity contribution is -0.108. The second-order valence-electron chi connectivity index (χ2n) is 5.09. The first-order valence-electron chi connectivity index (χ1n) is 6.62. The smallest absolute Gasteiger partial charge is 0.127 e. The van der Waals surface area contributed by atoms with Gasteiger partial charge in [-0.1, -0.05) is 61.5 Å². The molecule has 0 aliphatic heterocycles. The number of rotatable bonds is 2. The molecule has 1 atom stereocenters. The van der Waals surface area contributed by atoms with Crippen LogP contribution in [-0.4, -0.2) is 6.29 Å². The highest BCUT2D eigenvalue weighted by Gasteiger charge is 2.11. The van der Waals surface area contributed by atoms with Gasteiger partial charge >= 0.3 is 0 Å². The summed E-state index contributed by atoms with van der Waals surface area (Å²) in [5.41, 5.74) is 6.27. The Morgan fingerprint density at radius 1 is 1.00 bits per heavy atom. The van der Waals surface area contributed by atoms with Gasteiger partial charge in [-0.3, -0.25) is 0 Å². The second kappa shape index (κ2) is 4.85. The number of aldehydes is 1. The van der Waals surface area contributed by atoms with Crippen molar-refractivity contribution in [3.63, 3.8) is 0 Å². The number of carbonyl (C=O) groups excluding carboxylic acids is 1. The van der Waals surface area contributed by atoms with E-state index < -0.39 is 0 Å². The Morgan fingerprint density at radius 3 is 2.58 bits per heavy atom. The number of fused-ring (bicyclic) bond motifs is 2. The lowest BCUT2D eigenvalue weighted by Crippen LogP contribution is -1.97. The molecule has 0 fully saturated rings. The fraction of sp³-hybridized carbons (Fsp3) is 0.167. The molecule has 0 spiro atoms. The molecule has 0 amide bonds. The fourth-order valence-electron chi connectivity index (χ4n) is 2.53. The van der Waals surface area contributed by atoms with Gasteiger partial charge in [0.05, 0.1) is 0 Å². The third-order valence-corrected chi connectivity index (χ3v) is 3.78. The summed E-state index contributed by atoms with van der Waals surface area (Å²) in [6.07, 6.45) is 6.27. The maximum Gasteiger partial charge on any atom is 0.127 e. The van der Waals surface area contributed by atoms with E-state index in [1.165, 1.54) is 22.3 Å². The Bertz CT molecular complexity index is 652. The van der Waals surface area contributed by atoms with Crippen LogP contribution in [-0.2, 0) is 11.2 Å². The van der Waals surface area contributed by atoms with Crippen molar-refractivity contribution in [1.82, 2.24) is 0 Å². The Kier molecular flexibility index (Phi) is 3.04. The largest absolute Gasteiger partial charge is 0.303 e. The molecule has 1 nitrogen and oxygen atoms in total. The molecule has 0 saturated carbocycles. The number of hydrogen-bond donors (Lipinski definition) is 0. The van der Waals surface area contributed by atoms with Crippen molar-refractivity contribution in [2.24, 2.45) is 0 Å². The van der Waals surface area contributed by atoms with Crippen LogP contribution >= 0.6 is 0 Å². The van der Waals surface area contributed by atoms with Crippen molar-refractivity contribution >= 4 is 18.4 Å². The molecular formula is C18H16O. The van der Waals surface area contributed by atoms with Crippen LogP contribution in [0.3, 0.4) is 0 Å². The molecule has 1 heteroatoms. The first-order valence-corrected chi connectivity index (χ1v) is 6.62. The summed E-state index contributed by atoms with van der Waals surface area (Å²) in [5, 5.41) is 0. The van der Waals surface area contributed by atoms with E-state index in [0.717, 1.165) is 18.3 Å². The van der Waals surface area contributed by atoms with E-state index >= 15 is 0 Å². The predicted octanol–water partition coefficient (Wildman–Crippen LogP) is 4.06. The summed E-state index contributed by atoms with van der Waals surface area (Å²) in [6.45, 7) is 1.93. The van der Waals surface area contributed by atoms with Crippen molar-refractivity contribution in [1.29, 1.82) is 0 Å². The van der Waals surface area contributed by atoms with E-state index in [0.29, 0.717) is 0 Å². The molecule has 1 aliphatic rings. The van der Waals surface area contributed by atoms with Gasteiger partial charge in [-0.15, -0.1) is 0 Å². The van der Waals surface area contributed by atoms with Gasteiger partial charge in [-0.25, -0.2) is 0 Å². The van der Waals surface area contributed by atoms with Gasteiger partial charge in [-0.2, -0.15) is 0 Å². The molecule has 0 N–H and O–H groups in total. The molecule has 0 saturated heterocycles. The zero-order valence-electron chi connectivity index (χ0n) is 11.0. The van der Waals surface area contributed by atoms with Crippen LogP contribution in [0.2, 0.25) is 0 Å². The summed E-state index contributed by atoms with van der Waals surface area (Å²) < 4.78 is 0. The van der Waals surface area contributed by atoms with E-state index in [-0.39, 0.29) is 5.92 Å². The van der Waals surface area contributed by atoms with Crippen molar-refractivity contribution in [3.05, 3.63) is 70.3 Å². The highest BCUT2D eigenvalue weighted by Crippen LogP contribution is 2.27. The summed E-state index contributed by atoms with van der Waals surface area (Å²) in [4.78, 5) is 10.9. The lowest BCUT2D eigenvalue weighted by Gasteiger charge is -2.10. The Labute approximate surface area is 113 Å². The van der Waals surface area contributed by atoms with Crippen molar-refractivity contribution in [3.8, 4) is 0 Å². The normalized spacial score (nSPS) is 14.2.